The summed E-state index contributed by atoms with van der Waals surface area (Å²) in [7, 11) is 0. The van der Waals surface area contributed by atoms with E-state index in [0.717, 1.165) is 25.3 Å². The summed E-state index contributed by atoms with van der Waals surface area (Å²) in [6, 6.07) is 8.19. The molecule has 0 spiro atoms. The second-order valence-electron chi connectivity index (χ2n) is 2.68. The fourth-order valence-corrected chi connectivity index (χ4v) is 1.16. The number of hydrogen-bond donors (Lipinski definition) is 1. The maximum Gasteiger partial charge on any atom is 0.119 e. The Hall–Kier alpha value is -1.02. The summed E-state index contributed by atoms with van der Waals surface area (Å²) in [6.45, 7) is 3.66. The maximum atomic E-state index is 5.37. The Labute approximate surface area is 73.3 Å². The first kappa shape index (κ1) is 9.07. The van der Waals surface area contributed by atoms with E-state index in [9.17, 15) is 0 Å². The van der Waals surface area contributed by atoms with Crippen LogP contribution < -0.4 is 10.5 Å². The van der Waals surface area contributed by atoms with Gasteiger partial charge in [-0.05, 0) is 24.6 Å². The van der Waals surface area contributed by atoms with Gasteiger partial charge < -0.3 is 10.5 Å². The Morgan fingerprint density at radius 1 is 1.42 bits per heavy atom. The van der Waals surface area contributed by atoms with E-state index in [0.29, 0.717) is 0 Å². The molecular formula is C10H16NO+. The highest BCUT2D eigenvalue weighted by Gasteiger charge is 1.95. The van der Waals surface area contributed by atoms with Gasteiger partial charge in [0.1, 0.15) is 5.75 Å². The van der Waals surface area contributed by atoms with E-state index in [4.69, 9.17) is 4.74 Å². The topological polar surface area (TPSA) is 36.9 Å². The lowest BCUT2D eigenvalue weighted by Gasteiger charge is -2.03. The molecule has 0 amide bonds. The van der Waals surface area contributed by atoms with Crippen molar-refractivity contribution in [2.75, 3.05) is 13.2 Å². The first-order chi connectivity index (χ1) is 5.86. The van der Waals surface area contributed by atoms with Crippen LogP contribution >= 0.6 is 0 Å². The number of rotatable bonds is 4. The van der Waals surface area contributed by atoms with Gasteiger partial charge in [0.15, 0.2) is 0 Å². The lowest BCUT2D eigenvalue weighted by atomic mass is 10.1. The summed E-state index contributed by atoms with van der Waals surface area (Å²) >= 11 is 0. The molecule has 66 valence electrons. The third-order valence-corrected chi connectivity index (χ3v) is 1.67. The highest BCUT2D eigenvalue weighted by molar-refractivity contribution is 5.28. The number of quaternary nitrogens is 1. The molecule has 0 aliphatic heterocycles. The quantitative estimate of drug-likeness (QED) is 0.708. The Bertz CT molecular complexity index is 214. The van der Waals surface area contributed by atoms with Crippen molar-refractivity contribution in [3.8, 4) is 5.75 Å². The van der Waals surface area contributed by atoms with Gasteiger partial charge in [0.25, 0.3) is 0 Å². The lowest BCUT2D eigenvalue weighted by Crippen LogP contribution is -2.51. The largest absolute Gasteiger partial charge is 0.494 e. The molecule has 0 bridgehead atoms. The fourth-order valence-electron chi connectivity index (χ4n) is 1.16. The van der Waals surface area contributed by atoms with Crippen molar-refractivity contribution in [1.29, 1.82) is 0 Å². The number of hydrogen-bond acceptors (Lipinski definition) is 1. The smallest absolute Gasteiger partial charge is 0.119 e. The molecule has 0 heterocycles. The first-order valence-corrected chi connectivity index (χ1v) is 4.37. The van der Waals surface area contributed by atoms with Crippen LogP contribution in [-0.4, -0.2) is 13.2 Å². The van der Waals surface area contributed by atoms with E-state index in [1.807, 2.05) is 19.1 Å². The van der Waals surface area contributed by atoms with Gasteiger partial charge >= 0.3 is 0 Å². The number of benzene rings is 1. The molecule has 2 nitrogen and oxygen atoms in total. The highest BCUT2D eigenvalue weighted by atomic mass is 16.5. The third-order valence-electron chi connectivity index (χ3n) is 1.67. The molecule has 0 saturated heterocycles. The summed E-state index contributed by atoms with van der Waals surface area (Å²) in [5, 5.41) is 0. The van der Waals surface area contributed by atoms with Crippen LogP contribution in [0.15, 0.2) is 24.3 Å². The van der Waals surface area contributed by atoms with Crippen molar-refractivity contribution < 1.29 is 10.5 Å². The molecule has 0 aromatic heterocycles. The molecule has 1 aromatic rings. The van der Waals surface area contributed by atoms with Crippen molar-refractivity contribution in [2.24, 2.45) is 0 Å². The zero-order valence-corrected chi connectivity index (χ0v) is 7.55. The molecule has 12 heavy (non-hydrogen) atoms. The van der Waals surface area contributed by atoms with Crippen LogP contribution in [0, 0.1) is 0 Å². The SMILES string of the molecule is CCOc1cccc(CC[NH3+])c1. The molecular weight excluding hydrogens is 150 g/mol. The highest BCUT2D eigenvalue weighted by Crippen LogP contribution is 2.12. The second-order valence-corrected chi connectivity index (χ2v) is 2.68. The van der Waals surface area contributed by atoms with Gasteiger partial charge in [-0.25, -0.2) is 0 Å². The van der Waals surface area contributed by atoms with Crippen LogP contribution in [-0.2, 0) is 6.42 Å². The van der Waals surface area contributed by atoms with Crippen LogP contribution in [0.4, 0.5) is 0 Å². The summed E-state index contributed by atoms with van der Waals surface area (Å²) in [5.74, 6) is 0.962. The molecule has 0 fully saturated rings. The summed E-state index contributed by atoms with van der Waals surface area (Å²) in [5.41, 5.74) is 5.12. The van der Waals surface area contributed by atoms with Crippen LogP contribution in [0.2, 0.25) is 0 Å². The van der Waals surface area contributed by atoms with Gasteiger partial charge in [-0.3, -0.25) is 0 Å². The standard InChI is InChI=1S/C10H15NO/c1-2-12-10-5-3-4-9(8-10)6-7-11/h3-5,8H,2,6-7,11H2,1H3/p+1. The predicted molar refractivity (Wildman–Crippen MR) is 49.1 cm³/mol. The van der Waals surface area contributed by atoms with Gasteiger partial charge in [0.2, 0.25) is 0 Å². The van der Waals surface area contributed by atoms with E-state index in [1.165, 1.54) is 5.56 Å². The average molecular weight is 166 g/mol. The van der Waals surface area contributed by atoms with Crippen molar-refractivity contribution in [1.82, 2.24) is 0 Å². The molecule has 0 unspecified atom stereocenters. The molecule has 1 aromatic carbocycles. The Morgan fingerprint density at radius 3 is 2.92 bits per heavy atom. The van der Waals surface area contributed by atoms with Gasteiger partial charge in [-0.1, -0.05) is 12.1 Å². The van der Waals surface area contributed by atoms with E-state index < -0.39 is 0 Å². The molecule has 1 rings (SSSR count). The lowest BCUT2D eigenvalue weighted by molar-refractivity contribution is -0.366. The van der Waals surface area contributed by atoms with Crippen molar-refractivity contribution in [2.45, 2.75) is 13.3 Å². The Balaban J connectivity index is 2.67. The van der Waals surface area contributed by atoms with Crippen molar-refractivity contribution in [3.05, 3.63) is 29.8 Å². The number of ether oxygens (including phenoxy) is 1. The monoisotopic (exact) mass is 166 g/mol. The zero-order chi connectivity index (χ0) is 8.81. The Kier molecular flexibility index (Phi) is 3.61. The average Bonchev–Trinajstić information content (AvgIpc) is 2.06. The van der Waals surface area contributed by atoms with E-state index in [2.05, 4.69) is 17.9 Å². The minimum Gasteiger partial charge on any atom is -0.494 e. The minimum absolute atomic E-state index is 0.730. The fraction of sp³-hybridized carbons (Fsp3) is 0.400. The van der Waals surface area contributed by atoms with Crippen LogP contribution in [0.3, 0.4) is 0 Å². The van der Waals surface area contributed by atoms with Crippen molar-refractivity contribution >= 4 is 0 Å². The van der Waals surface area contributed by atoms with E-state index >= 15 is 0 Å². The molecule has 0 atom stereocenters. The Morgan fingerprint density at radius 2 is 2.25 bits per heavy atom. The first-order valence-electron chi connectivity index (χ1n) is 4.37. The van der Waals surface area contributed by atoms with E-state index in [1.54, 1.807) is 0 Å². The third kappa shape index (κ3) is 2.55. The van der Waals surface area contributed by atoms with Gasteiger partial charge in [-0.2, -0.15) is 0 Å². The predicted octanol–water partition coefficient (Wildman–Crippen LogP) is 0.870. The molecule has 0 saturated carbocycles. The summed E-state index contributed by atoms with van der Waals surface area (Å²) < 4.78 is 5.37. The summed E-state index contributed by atoms with van der Waals surface area (Å²) in [6.07, 6.45) is 1.03. The maximum absolute atomic E-state index is 5.37. The molecule has 0 aliphatic carbocycles. The van der Waals surface area contributed by atoms with Crippen LogP contribution in [0.1, 0.15) is 12.5 Å². The molecule has 0 aliphatic rings. The van der Waals surface area contributed by atoms with Crippen LogP contribution in [0.5, 0.6) is 5.75 Å². The molecule has 0 radical (unpaired) electrons. The zero-order valence-electron chi connectivity index (χ0n) is 7.55. The minimum atomic E-state index is 0.730. The molecule has 3 N–H and O–H groups in total. The van der Waals surface area contributed by atoms with Crippen LogP contribution in [0.25, 0.3) is 0 Å². The van der Waals surface area contributed by atoms with E-state index in [-0.39, 0.29) is 0 Å². The van der Waals surface area contributed by atoms with Gasteiger partial charge in [-0.15, -0.1) is 0 Å². The normalized spacial score (nSPS) is 9.83. The van der Waals surface area contributed by atoms with Gasteiger partial charge in [0, 0.05) is 6.42 Å². The van der Waals surface area contributed by atoms with Gasteiger partial charge in [0.05, 0.1) is 13.2 Å². The second kappa shape index (κ2) is 4.78. The molecule has 2 heteroatoms. The summed E-state index contributed by atoms with van der Waals surface area (Å²) in [4.78, 5) is 0. The van der Waals surface area contributed by atoms with Crippen molar-refractivity contribution in [3.63, 3.8) is 0 Å².